The number of nitrogens with zero attached hydrogens (tertiary/aromatic N) is 1. The minimum atomic E-state index is 0. The van der Waals surface area contributed by atoms with Crippen LogP contribution in [0.4, 0.5) is 0 Å². The Kier molecular flexibility index (Phi) is 5.45. The summed E-state index contributed by atoms with van der Waals surface area (Å²) in [5, 5.41) is 3.85. The molecule has 3 nitrogen and oxygen atoms in total. The zero-order valence-corrected chi connectivity index (χ0v) is 13.3. The smallest absolute Gasteiger partial charge is 0.138 e. The van der Waals surface area contributed by atoms with Crippen molar-refractivity contribution in [1.29, 1.82) is 0 Å². The van der Waals surface area contributed by atoms with Crippen molar-refractivity contribution in [3.05, 3.63) is 47.7 Å². The molecule has 1 aliphatic rings. The molecule has 3 rings (SSSR count). The summed E-state index contributed by atoms with van der Waals surface area (Å²) in [6.07, 6.45) is 2.98. The average Bonchev–Trinajstić information content (AvgIpc) is 2.40. The third-order valence-electron chi connectivity index (χ3n) is 3.65. The van der Waals surface area contributed by atoms with E-state index in [2.05, 4.69) is 17.2 Å². The summed E-state index contributed by atoms with van der Waals surface area (Å²) in [7, 11) is 0. The second kappa shape index (κ2) is 7.12. The summed E-state index contributed by atoms with van der Waals surface area (Å²) in [6.45, 7) is 3.15. The zero-order chi connectivity index (χ0) is 13.9. The summed E-state index contributed by atoms with van der Waals surface area (Å²) in [4.78, 5) is 4.23. The summed E-state index contributed by atoms with van der Waals surface area (Å²) >= 11 is 6.19. The lowest BCUT2D eigenvalue weighted by Crippen LogP contribution is -2.51. The van der Waals surface area contributed by atoms with Crippen LogP contribution >= 0.6 is 24.0 Å². The van der Waals surface area contributed by atoms with Crippen molar-refractivity contribution < 1.29 is 4.74 Å². The number of pyridine rings is 1. The Balaban J connectivity index is 0.00000161. The molecule has 2 heterocycles. The third-order valence-corrected chi connectivity index (χ3v) is 3.95. The quantitative estimate of drug-likeness (QED) is 0.864. The molecule has 1 fully saturated rings. The molecule has 0 saturated carbocycles. The van der Waals surface area contributed by atoms with Crippen molar-refractivity contribution in [2.45, 2.75) is 25.5 Å². The van der Waals surface area contributed by atoms with Crippen molar-refractivity contribution in [2.75, 3.05) is 6.54 Å². The maximum Gasteiger partial charge on any atom is 0.138 e. The molecular formula is C16H18Cl2N2O. The van der Waals surface area contributed by atoms with Gasteiger partial charge < -0.3 is 10.1 Å². The Hall–Kier alpha value is -1.29. The van der Waals surface area contributed by atoms with E-state index in [0.29, 0.717) is 11.2 Å². The van der Waals surface area contributed by atoms with Crippen molar-refractivity contribution >= 4 is 24.0 Å². The van der Waals surface area contributed by atoms with Crippen LogP contribution in [-0.4, -0.2) is 23.7 Å². The maximum absolute atomic E-state index is 6.19. The predicted octanol–water partition coefficient (Wildman–Crippen LogP) is 3.95. The number of hydrogen-bond acceptors (Lipinski definition) is 3. The van der Waals surface area contributed by atoms with E-state index in [1.165, 1.54) is 0 Å². The van der Waals surface area contributed by atoms with Crippen molar-refractivity contribution in [2.24, 2.45) is 0 Å². The normalized spacial score (nSPS) is 18.3. The van der Waals surface area contributed by atoms with E-state index in [-0.39, 0.29) is 18.5 Å². The summed E-state index contributed by atoms with van der Waals surface area (Å²) in [6, 6.07) is 12.4. The number of hydrogen-bond donors (Lipinski definition) is 1. The lowest BCUT2D eigenvalue weighted by Gasteiger charge is -2.33. The molecule has 2 atom stereocenters. The van der Waals surface area contributed by atoms with Gasteiger partial charge in [0.05, 0.1) is 6.20 Å². The van der Waals surface area contributed by atoms with Crippen LogP contribution in [0.3, 0.4) is 0 Å². The fourth-order valence-corrected chi connectivity index (χ4v) is 2.53. The first-order valence-corrected chi connectivity index (χ1v) is 7.23. The molecule has 0 radical (unpaired) electrons. The highest BCUT2D eigenvalue weighted by atomic mass is 35.5. The molecule has 21 heavy (non-hydrogen) atoms. The topological polar surface area (TPSA) is 34.1 Å². The van der Waals surface area contributed by atoms with E-state index in [9.17, 15) is 0 Å². The molecule has 1 N–H and O–H groups in total. The molecule has 1 saturated heterocycles. The molecule has 2 aromatic rings. The second-order valence-corrected chi connectivity index (χ2v) is 5.41. The molecule has 1 unspecified atom stereocenters. The highest BCUT2D eigenvalue weighted by Crippen LogP contribution is 2.30. The number of halogens is 2. The first-order valence-electron chi connectivity index (χ1n) is 6.85. The molecule has 112 valence electrons. The van der Waals surface area contributed by atoms with Gasteiger partial charge in [-0.2, -0.15) is 0 Å². The van der Waals surface area contributed by atoms with Crippen molar-refractivity contribution in [1.82, 2.24) is 10.3 Å². The van der Waals surface area contributed by atoms with Gasteiger partial charge in [-0.3, -0.25) is 0 Å². The van der Waals surface area contributed by atoms with Gasteiger partial charge in [0.15, 0.2) is 0 Å². The Labute approximate surface area is 136 Å². The Morgan fingerprint density at radius 1 is 1.33 bits per heavy atom. The molecule has 5 heteroatoms. The van der Waals surface area contributed by atoms with Crippen LogP contribution in [0.1, 0.15) is 13.3 Å². The van der Waals surface area contributed by atoms with Gasteiger partial charge in [0, 0.05) is 11.6 Å². The Morgan fingerprint density at radius 2 is 2.05 bits per heavy atom. The number of benzene rings is 1. The SMILES string of the molecule is CC(Oc1cnc(Cl)c(-c2ccccc2)c1)[C@@H]1CCN1.Cl. The van der Waals surface area contributed by atoms with Gasteiger partial charge in [0.25, 0.3) is 0 Å². The van der Waals surface area contributed by atoms with E-state index in [0.717, 1.165) is 29.8 Å². The van der Waals surface area contributed by atoms with Crippen LogP contribution < -0.4 is 10.1 Å². The minimum Gasteiger partial charge on any atom is -0.487 e. The fraction of sp³-hybridized carbons (Fsp3) is 0.312. The van der Waals surface area contributed by atoms with E-state index in [1.54, 1.807) is 6.20 Å². The highest BCUT2D eigenvalue weighted by molar-refractivity contribution is 6.32. The lowest BCUT2D eigenvalue weighted by molar-refractivity contribution is 0.133. The summed E-state index contributed by atoms with van der Waals surface area (Å²) in [5.74, 6) is 0.759. The molecule has 0 amide bonds. The Bertz CT molecular complexity index is 588. The third kappa shape index (κ3) is 3.67. The van der Waals surface area contributed by atoms with Crippen LogP contribution in [0.2, 0.25) is 5.15 Å². The van der Waals surface area contributed by atoms with Crippen molar-refractivity contribution in [3.8, 4) is 16.9 Å². The van der Waals surface area contributed by atoms with Crippen LogP contribution in [0.5, 0.6) is 5.75 Å². The highest BCUT2D eigenvalue weighted by Gasteiger charge is 2.24. The monoisotopic (exact) mass is 324 g/mol. The van der Waals surface area contributed by atoms with Gasteiger partial charge >= 0.3 is 0 Å². The average molecular weight is 325 g/mol. The minimum absolute atomic E-state index is 0. The number of nitrogens with one attached hydrogen (secondary N) is 1. The number of aromatic nitrogens is 1. The molecule has 0 aliphatic carbocycles. The molecule has 0 spiro atoms. The fourth-order valence-electron chi connectivity index (χ4n) is 2.32. The van der Waals surface area contributed by atoms with Crippen LogP contribution in [0.15, 0.2) is 42.6 Å². The lowest BCUT2D eigenvalue weighted by atomic mass is 10.0. The van der Waals surface area contributed by atoms with E-state index in [1.807, 2.05) is 36.4 Å². The first kappa shape index (κ1) is 16.1. The Morgan fingerprint density at radius 3 is 2.67 bits per heavy atom. The first-order chi connectivity index (χ1) is 9.74. The summed E-state index contributed by atoms with van der Waals surface area (Å²) in [5.41, 5.74) is 1.95. The molecular weight excluding hydrogens is 307 g/mol. The van der Waals surface area contributed by atoms with Gasteiger partial charge in [-0.25, -0.2) is 4.98 Å². The number of rotatable bonds is 4. The summed E-state index contributed by atoms with van der Waals surface area (Å²) < 4.78 is 5.95. The van der Waals surface area contributed by atoms with Crippen LogP contribution in [0.25, 0.3) is 11.1 Å². The maximum atomic E-state index is 6.19. The van der Waals surface area contributed by atoms with E-state index in [4.69, 9.17) is 16.3 Å². The molecule has 1 aromatic carbocycles. The standard InChI is InChI=1S/C16H17ClN2O.ClH/c1-11(15-7-8-18-15)20-13-9-14(16(17)19-10-13)12-5-3-2-4-6-12;/h2-6,9-11,15,18H,7-8H2,1H3;1H/t11?,15-;/m0./s1. The van der Waals surface area contributed by atoms with Gasteiger partial charge in [-0.05, 0) is 31.5 Å². The van der Waals surface area contributed by atoms with Crippen molar-refractivity contribution in [3.63, 3.8) is 0 Å². The van der Waals surface area contributed by atoms with Crippen LogP contribution in [-0.2, 0) is 0 Å². The molecule has 1 aromatic heterocycles. The second-order valence-electron chi connectivity index (χ2n) is 5.05. The van der Waals surface area contributed by atoms with E-state index >= 15 is 0 Å². The van der Waals surface area contributed by atoms with Gasteiger partial charge in [-0.1, -0.05) is 41.9 Å². The van der Waals surface area contributed by atoms with Crippen LogP contribution in [0, 0.1) is 0 Å². The zero-order valence-electron chi connectivity index (χ0n) is 11.8. The van der Waals surface area contributed by atoms with E-state index < -0.39 is 0 Å². The molecule has 0 bridgehead atoms. The van der Waals surface area contributed by atoms with Gasteiger partial charge in [0.1, 0.15) is 17.0 Å². The largest absolute Gasteiger partial charge is 0.487 e. The molecule has 1 aliphatic heterocycles. The predicted molar refractivity (Wildman–Crippen MR) is 88.4 cm³/mol. The van der Waals surface area contributed by atoms with Gasteiger partial charge in [0.2, 0.25) is 0 Å². The van der Waals surface area contributed by atoms with Gasteiger partial charge in [-0.15, -0.1) is 12.4 Å². The number of ether oxygens (including phenoxy) is 1.